The highest BCUT2D eigenvalue weighted by Gasteiger charge is 2.36. The maximum absolute atomic E-state index is 13.3. The third kappa shape index (κ3) is 4.96. The molecule has 0 radical (unpaired) electrons. The van der Waals surface area contributed by atoms with Gasteiger partial charge in [-0.1, -0.05) is 12.1 Å². The summed E-state index contributed by atoms with van der Waals surface area (Å²) in [7, 11) is 0. The van der Waals surface area contributed by atoms with Crippen LogP contribution in [0.3, 0.4) is 0 Å². The van der Waals surface area contributed by atoms with Crippen molar-refractivity contribution in [1.82, 2.24) is 4.98 Å². The van der Waals surface area contributed by atoms with Crippen molar-refractivity contribution in [2.45, 2.75) is 25.3 Å². The number of nitrogens with two attached hydrogens (primary N) is 1. The van der Waals surface area contributed by atoms with Gasteiger partial charge in [0, 0.05) is 5.56 Å². The number of nitrogens with one attached hydrogen (secondary N) is 1. The van der Waals surface area contributed by atoms with Crippen molar-refractivity contribution >= 4 is 5.91 Å². The Bertz CT molecular complexity index is 940. The van der Waals surface area contributed by atoms with E-state index in [4.69, 9.17) is 19.9 Å². The number of alkyl halides is 3. The van der Waals surface area contributed by atoms with Crippen LogP contribution in [-0.2, 0) is 15.7 Å². The molecule has 29 heavy (non-hydrogen) atoms. The second-order valence-corrected chi connectivity index (χ2v) is 6.60. The molecule has 156 valence electrons. The zero-order chi connectivity index (χ0) is 21.2. The molecule has 0 spiro atoms. The summed E-state index contributed by atoms with van der Waals surface area (Å²) in [6.07, 6.45) is -5.11. The molecule has 0 aliphatic carbocycles. The van der Waals surface area contributed by atoms with Crippen molar-refractivity contribution in [3.8, 4) is 16.9 Å². The highest BCUT2D eigenvalue weighted by molar-refractivity contribution is 5.93. The summed E-state index contributed by atoms with van der Waals surface area (Å²) < 4.78 is 56.7. The van der Waals surface area contributed by atoms with E-state index in [0.29, 0.717) is 19.0 Å². The van der Waals surface area contributed by atoms with Crippen molar-refractivity contribution in [3.05, 3.63) is 51.9 Å². The molecule has 3 rings (SSSR count). The number of hydrogen-bond donors (Lipinski definition) is 2. The van der Waals surface area contributed by atoms with E-state index in [1.54, 1.807) is 4.98 Å². The number of ether oxygens (including phenoxy) is 3. The largest absolute Gasteiger partial charge is 0.491 e. The number of pyridine rings is 1. The number of H-pyrrole nitrogens is 1. The Hall–Kier alpha value is -2.85. The number of aromatic amines is 1. The van der Waals surface area contributed by atoms with Crippen LogP contribution in [0.15, 0.2) is 35.1 Å². The van der Waals surface area contributed by atoms with E-state index >= 15 is 0 Å². The highest BCUT2D eigenvalue weighted by Crippen LogP contribution is 2.35. The van der Waals surface area contributed by atoms with E-state index in [-0.39, 0.29) is 29.9 Å². The number of hydrogen-bond acceptors (Lipinski definition) is 5. The fraction of sp³-hybridized carbons (Fsp3) is 0.368. The number of aromatic nitrogens is 1. The van der Waals surface area contributed by atoms with Gasteiger partial charge in [-0.05, 0) is 30.7 Å². The lowest BCUT2D eigenvalue weighted by atomic mass is 10.0. The fourth-order valence-electron chi connectivity index (χ4n) is 2.94. The lowest BCUT2D eigenvalue weighted by Crippen LogP contribution is -2.38. The first-order valence-corrected chi connectivity index (χ1v) is 8.76. The van der Waals surface area contributed by atoms with Gasteiger partial charge in [0.05, 0.1) is 19.3 Å². The number of rotatable bonds is 5. The Kier molecular flexibility index (Phi) is 5.94. The molecule has 0 bridgehead atoms. The molecule has 2 heterocycles. The molecule has 3 N–H and O–H groups in total. The standard InChI is InChI=1S/C19H19F3N2O5/c1-10-7-27-8-13(29-10)9-28-12-4-2-11(3-5-12)14-6-15(17(23)25)18(26)24-16(14)19(20,21)22/h2-6,10,13H,7-9H2,1H3,(H2,23,25)(H,24,26)/t10-,13-/m0/s1. The molecular formula is C19H19F3N2O5. The van der Waals surface area contributed by atoms with Gasteiger partial charge in [0.25, 0.3) is 11.5 Å². The maximum Gasteiger partial charge on any atom is 0.431 e. The zero-order valence-corrected chi connectivity index (χ0v) is 15.4. The van der Waals surface area contributed by atoms with Crippen LogP contribution in [0.25, 0.3) is 11.1 Å². The van der Waals surface area contributed by atoms with Gasteiger partial charge in [-0.2, -0.15) is 13.2 Å². The Morgan fingerprint density at radius 3 is 2.55 bits per heavy atom. The van der Waals surface area contributed by atoms with E-state index in [1.165, 1.54) is 24.3 Å². The number of carbonyl (C=O) groups excluding carboxylic acids is 1. The van der Waals surface area contributed by atoms with Gasteiger partial charge >= 0.3 is 6.18 Å². The maximum atomic E-state index is 13.3. The van der Waals surface area contributed by atoms with E-state index in [2.05, 4.69) is 0 Å². The van der Waals surface area contributed by atoms with Gasteiger partial charge in [-0.15, -0.1) is 0 Å². The molecule has 1 saturated heterocycles. The first kappa shape index (κ1) is 20.9. The predicted octanol–water partition coefficient (Wildman–Crippen LogP) is 2.34. The Morgan fingerprint density at radius 1 is 1.28 bits per heavy atom. The van der Waals surface area contributed by atoms with E-state index < -0.39 is 28.9 Å². The number of amides is 1. The minimum Gasteiger partial charge on any atom is -0.491 e. The van der Waals surface area contributed by atoms with E-state index in [0.717, 1.165) is 6.07 Å². The van der Waals surface area contributed by atoms with Gasteiger partial charge in [0.2, 0.25) is 0 Å². The fourth-order valence-corrected chi connectivity index (χ4v) is 2.94. The average Bonchev–Trinajstić information content (AvgIpc) is 2.66. The Labute approximate surface area is 163 Å². The highest BCUT2D eigenvalue weighted by atomic mass is 19.4. The monoisotopic (exact) mass is 412 g/mol. The second kappa shape index (κ2) is 8.26. The van der Waals surface area contributed by atoms with Gasteiger partial charge in [-0.3, -0.25) is 9.59 Å². The zero-order valence-electron chi connectivity index (χ0n) is 15.4. The summed E-state index contributed by atoms with van der Waals surface area (Å²) >= 11 is 0. The van der Waals surface area contributed by atoms with E-state index in [1.807, 2.05) is 6.92 Å². The topological polar surface area (TPSA) is 104 Å². The number of primary amides is 1. The van der Waals surface area contributed by atoms with Crippen molar-refractivity contribution in [2.24, 2.45) is 5.73 Å². The predicted molar refractivity (Wildman–Crippen MR) is 96.7 cm³/mol. The molecule has 7 nitrogen and oxygen atoms in total. The van der Waals surface area contributed by atoms with Crippen LogP contribution < -0.4 is 16.0 Å². The number of halogens is 3. The summed E-state index contributed by atoms with van der Waals surface area (Å²) in [5.41, 5.74) is 1.83. The number of benzene rings is 1. The van der Waals surface area contributed by atoms with Gasteiger partial charge in [0.15, 0.2) is 0 Å². The molecular weight excluding hydrogens is 393 g/mol. The molecule has 0 saturated carbocycles. The number of carbonyl (C=O) groups is 1. The average molecular weight is 412 g/mol. The quantitative estimate of drug-likeness (QED) is 0.785. The van der Waals surface area contributed by atoms with Crippen LogP contribution in [0.4, 0.5) is 13.2 Å². The van der Waals surface area contributed by atoms with Crippen molar-refractivity contribution < 1.29 is 32.2 Å². The molecule has 1 aromatic heterocycles. The van der Waals surface area contributed by atoms with Crippen molar-refractivity contribution in [2.75, 3.05) is 19.8 Å². The normalized spacial score (nSPS) is 19.7. The van der Waals surface area contributed by atoms with Crippen LogP contribution in [-0.4, -0.2) is 42.9 Å². The van der Waals surface area contributed by atoms with Crippen LogP contribution in [0.1, 0.15) is 23.0 Å². The Balaban J connectivity index is 1.84. The molecule has 10 heteroatoms. The summed E-state index contributed by atoms with van der Waals surface area (Å²) in [5, 5.41) is 0. The molecule has 2 atom stereocenters. The summed E-state index contributed by atoms with van der Waals surface area (Å²) in [5.74, 6) is -0.700. The molecule has 1 aliphatic heterocycles. The molecule has 0 unspecified atom stereocenters. The Morgan fingerprint density at radius 2 is 1.97 bits per heavy atom. The van der Waals surface area contributed by atoms with Crippen LogP contribution in [0.5, 0.6) is 5.75 Å². The lowest BCUT2D eigenvalue weighted by molar-refractivity contribution is -0.140. The molecule has 1 aromatic carbocycles. The van der Waals surface area contributed by atoms with Crippen LogP contribution in [0.2, 0.25) is 0 Å². The minimum atomic E-state index is -4.82. The van der Waals surface area contributed by atoms with Gasteiger partial charge < -0.3 is 24.9 Å². The van der Waals surface area contributed by atoms with Crippen molar-refractivity contribution in [1.29, 1.82) is 0 Å². The summed E-state index contributed by atoms with van der Waals surface area (Å²) in [6, 6.07) is 6.59. The molecule has 2 aromatic rings. The summed E-state index contributed by atoms with van der Waals surface area (Å²) in [4.78, 5) is 24.8. The first-order chi connectivity index (χ1) is 13.6. The summed E-state index contributed by atoms with van der Waals surface area (Å²) in [6.45, 7) is 3.01. The smallest absolute Gasteiger partial charge is 0.431 e. The second-order valence-electron chi connectivity index (χ2n) is 6.60. The van der Waals surface area contributed by atoms with Crippen LogP contribution in [0, 0.1) is 0 Å². The third-order valence-corrected chi connectivity index (χ3v) is 4.27. The lowest BCUT2D eigenvalue weighted by Gasteiger charge is -2.27. The molecule has 1 fully saturated rings. The van der Waals surface area contributed by atoms with Gasteiger partial charge in [0.1, 0.15) is 29.7 Å². The first-order valence-electron chi connectivity index (χ1n) is 8.76. The van der Waals surface area contributed by atoms with Crippen LogP contribution >= 0.6 is 0 Å². The van der Waals surface area contributed by atoms with Crippen molar-refractivity contribution in [3.63, 3.8) is 0 Å². The van der Waals surface area contributed by atoms with Gasteiger partial charge in [-0.25, -0.2) is 0 Å². The SMILES string of the molecule is C[C@H]1COC[C@@H](COc2ccc(-c3cc(C(N)=O)c(=O)[nH]c3C(F)(F)F)cc2)O1. The third-order valence-electron chi connectivity index (χ3n) is 4.27. The molecule has 1 amide bonds. The van der Waals surface area contributed by atoms with E-state index in [9.17, 15) is 22.8 Å². The molecule has 1 aliphatic rings. The minimum absolute atomic E-state index is 0.0415.